The Morgan fingerprint density at radius 1 is 1.33 bits per heavy atom. The molecule has 0 radical (unpaired) electrons. The average molecular weight is 293 g/mol. The number of hydrogen-bond acceptors (Lipinski definition) is 4. The summed E-state index contributed by atoms with van der Waals surface area (Å²) in [6.45, 7) is 5.35. The number of aliphatic hydroxyl groups is 1. The molecule has 118 valence electrons. The van der Waals surface area contributed by atoms with Crippen LogP contribution in [0.15, 0.2) is 24.3 Å². The van der Waals surface area contributed by atoms with Gasteiger partial charge >= 0.3 is 0 Å². The van der Waals surface area contributed by atoms with Crippen LogP contribution in [0.1, 0.15) is 33.1 Å². The summed E-state index contributed by atoms with van der Waals surface area (Å²) in [5.41, 5.74) is 0.536. The molecule has 1 aromatic rings. The van der Waals surface area contributed by atoms with Crippen molar-refractivity contribution in [1.82, 2.24) is 5.32 Å². The van der Waals surface area contributed by atoms with Gasteiger partial charge in [0.15, 0.2) is 0 Å². The van der Waals surface area contributed by atoms with Crippen molar-refractivity contribution < 1.29 is 14.6 Å². The summed E-state index contributed by atoms with van der Waals surface area (Å²) in [7, 11) is 1.62. The van der Waals surface area contributed by atoms with Gasteiger partial charge in [-0.1, -0.05) is 13.0 Å². The normalized spacial score (nSPS) is 18.9. The second-order valence-corrected chi connectivity index (χ2v) is 6.47. The first kappa shape index (κ1) is 16.1. The molecule has 4 heteroatoms. The Balaban J connectivity index is 1.65. The Morgan fingerprint density at radius 2 is 2.05 bits per heavy atom. The number of hydrogen-bond donors (Lipinski definition) is 2. The van der Waals surface area contributed by atoms with Gasteiger partial charge in [0.05, 0.1) is 7.11 Å². The van der Waals surface area contributed by atoms with E-state index in [2.05, 4.69) is 19.2 Å². The van der Waals surface area contributed by atoms with Crippen LogP contribution in [0.5, 0.6) is 11.5 Å². The summed E-state index contributed by atoms with van der Waals surface area (Å²) in [6.07, 6.45) is 3.34. The van der Waals surface area contributed by atoms with Crippen LogP contribution in [0.25, 0.3) is 0 Å². The third-order valence-electron chi connectivity index (χ3n) is 4.09. The first-order valence-electron chi connectivity index (χ1n) is 7.69. The lowest BCUT2D eigenvalue weighted by Gasteiger charge is -2.20. The van der Waals surface area contributed by atoms with Gasteiger partial charge in [0.1, 0.15) is 24.2 Å². The van der Waals surface area contributed by atoms with E-state index in [1.807, 2.05) is 24.3 Å². The molecule has 1 aliphatic carbocycles. The predicted octanol–water partition coefficient (Wildman–Crippen LogP) is 2.60. The molecule has 0 aliphatic heterocycles. The first-order valence-corrected chi connectivity index (χ1v) is 7.69. The van der Waals surface area contributed by atoms with Crippen LogP contribution in [0.4, 0.5) is 0 Å². The zero-order valence-electron chi connectivity index (χ0n) is 13.3. The molecule has 21 heavy (non-hydrogen) atoms. The summed E-state index contributed by atoms with van der Waals surface area (Å²) in [5, 5.41) is 13.4. The highest BCUT2D eigenvalue weighted by Crippen LogP contribution is 2.48. The van der Waals surface area contributed by atoms with Crippen molar-refractivity contribution in [2.45, 2.75) is 45.3 Å². The summed E-state index contributed by atoms with van der Waals surface area (Å²) >= 11 is 0. The summed E-state index contributed by atoms with van der Waals surface area (Å²) in [4.78, 5) is 0. The maximum atomic E-state index is 9.98. The molecule has 0 bridgehead atoms. The maximum Gasteiger partial charge on any atom is 0.123 e. The molecule has 0 heterocycles. The van der Waals surface area contributed by atoms with Gasteiger partial charge in [-0.2, -0.15) is 0 Å². The van der Waals surface area contributed by atoms with E-state index >= 15 is 0 Å². The van der Waals surface area contributed by atoms with Crippen molar-refractivity contribution in [3.05, 3.63) is 24.3 Å². The highest BCUT2D eigenvalue weighted by Gasteiger charge is 2.38. The number of ether oxygens (including phenoxy) is 2. The molecular formula is C17H27NO3. The van der Waals surface area contributed by atoms with E-state index in [0.29, 0.717) is 23.8 Å². The Kier molecular flexibility index (Phi) is 5.48. The van der Waals surface area contributed by atoms with Crippen LogP contribution < -0.4 is 14.8 Å². The number of rotatable bonds is 9. The predicted molar refractivity (Wildman–Crippen MR) is 83.9 cm³/mol. The fraction of sp³-hybridized carbons (Fsp3) is 0.647. The first-order chi connectivity index (χ1) is 10.0. The molecule has 1 fully saturated rings. The maximum absolute atomic E-state index is 9.98. The molecule has 1 aliphatic rings. The lowest BCUT2D eigenvalue weighted by molar-refractivity contribution is 0.103. The van der Waals surface area contributed by atoms with Crippen LogP contribution in [0.3, 0.4) is 0 Å². The zero-order valence-corrected chi connectivity index (χ0v) is 13.3. The lowest BCUT2D eigenvalue weighted by atomic mass is 10.0. The van der Waals surface area contributed by atoms with Crippen molar-refractivity contribution in [2.24, 2.45) is 5.41 Å². The number of nitrogens with one attached hydrogen (secondary N) is 1. The topological polar surface area (TPSA) is 50.7 Å². The second-order valence-electron chi connectivity index (χ2n) is 6.47. The third kappa shape index (κ3) is 5.56. The molecule has 2 N–H and O–H groups in total. The molecule has 2 atom stereocenters. The molecule has 0 spiro atoms. The highest BCUT2D eigenvalue weighted by molar-refractivity contribution is 5.32. The largest absolute Gasteiger partial charge is 0.497 e. The van der Waals surface area contributed by atoms with Gasteiger partial charge < -0.3 is 19.9 Å². The average Bonchev–Trinajstić information content (AvgIpc) is 3.20. The number of benzene rings is 1. The van der Waals surface area contributed by atoms with Gasteiger partial charge in [-0.05, 0) is 43.7 Å². The Morgan fingerprint density at radius 3 is 2.71 bits per heavy atom. The van der Waals surface area contributed by atoms with Gasteiger partial charge in [-0.15, -0.1) is 0 Å². The van der Waals surface area contributed by atoms with Crippen LogP contribution in [0, 0.1) is 5.41 Å². The van der Waals surface area contributed by atoms with Crippen LogP contribution in [-0.2, 0) is 0 Å². The van der Waals surface area contributed by atoms with Crippen molar-refractivity contribution >= 4 is 0 Å². The van der Waals surface area contributed by atoms with Gasteiger partial charge in [-0.25, -0.2) is 0 Å². The van der Waals surface area contributed by atoms with Crippen molar-refractivity contribution in [3.63, 3.8) is 0 Å². The Hall–Kier alpha value is -1.26. The van der Waals surface area contributed by atoms with Gasteiger partial charge in [-0.3, -0.25) is 0 Å². The monoisotopic (exact) mass is 293 g/mol. The minimum absolute atomic E-state index is 0.282. The van der Waals surface area contributed by atoms with E-state index in [9.17, 15) is 5.11 Å². The second kappa shape index (κ2) is 7.14. The van der Waals surface area contributed by atoms with Gasteiger partial charge in [0.25, 0.3) is 0 Å². The smallest absolute Gasteiger partial charge is 0.123 e. The van der Waals surface area contributed by atoms with Crippen molar-refractivity contribution in [3.8, 4) is 11.5 Å². The van der Waals surface area contributed by atoms with Crippen LogP contribution in [0.2, 0.25) is 0 Å². The summed E-state index contributed by atoms with van der Waals surface area (Å²) < 4.78 is 10.7. The number of methoxy groups -OCH3 is 1. The molecule has 2 rings (SSSR count). The molecule has 1 aromatic carbocycles. The van der Waals surface area contributed by atoms with E-state index in [4.69, 9.17) is 9.47 Å². The fourth-order valence-corrected chi connectivity index (χ4v) is 2.51. The molecule has 2 unspecified atom stereocenters. The quantitative estimate of drug-likeness (QED) is 0.735. The van der Waals surface area contributed by atoms with Gasteiger partial charge in [0.2, 0.25) is 0 Å². The Bertz CT molecular complexity index is 445. The highest BCUT2D eigenvalue weighted by atomic mass is 16.5. The van der Waals surface area contributed by atoms with Gasteiger partial charge in [0, 0.05) is 18.7 Å². The molecule has 0 saturated heterocycles. The van der Waals surface area contributed by atoms with E-state index in [-0.39, 0.29) is 6.61 Å². The van der Waals surface area contributed by atoms with E-state index in [1.165, 1.54) is 19.3 Å². The standard InChI is InChI=1S/C17H27NO3/c1-13(10-17(2)7-8-17)18-11-14(19)12-21-16-6-4-5-15(9-16)20-3/h4-6,9,13-14,18-19H,7-8,10-12H2,1-3H3. The lowest BCUT2D eigenvalue weighted by Crippen LogP contribution is -2.37. The zero-order chi connectivity index (χ0) is 15.3. The van der Waals surface area contributed by atoms with E-state index in [0.717, 1.165) is 5.75 Å². The van der Waals surface area contributed by atoms with E-state index < -0.39 is 6.10 Å². The Labute approximate surface area is 127 Å². The molecule has 4 nitrogen and oxygen atoms in total. The summed E-state index contributed by atoms with van der Waals surface area (Å²) in [6, 6.07) is 7.85. The summed E-state index contributed by atoms with van der Waals surface area (Å²) in [5.74, 6) is 1.47. The van der Waals surface area contributed by atoms with Crippen molar-refractivity contribution in [2.75, 3.05) is 20.3 Å². The molecular weight excluding hydrogens is 266 g/mol. The molecule has 1 saturated carbocycles. The van der Waals surface area contributed by atoms with E-state index in [1.54, 1.807) is 7.11 Å². The van der Waals surface area contributed by atoms with Crippen LogP contribution in [-0.4, -0.2) is 37.5 Å². The fourth-order valence-electron chi connectivity index (χ4n) is 2.51. The van der Waals surface area contributed by atoms with Crippen LogP contribution >= 0.6 is 0 Å². The SMILES string of the molecule is COc1cccc(OCC(O)CNC(C)CC2(C)CC2)c1. The number of aliphatic hydroxyl groups excluding tert-OH is 1. The molecule has 0 aromatic heterocycles. The minimum atomic E-state index is -0.509. The minimum Gasteiger partial charge on any atom is -0.497 e. The third-order valence-corrected chi connectivity index (χ3v) is 4.09. The molecule has 0 amide bonds. The van der Waals surface area contributed by atoms with Crippen molar-refractivity contribution in [1.29, 1.82) is 0 Å².